The Bertz CT molecular complexity index is 749. The highest BCUT2D eigenvalue weighted by atomic mass is 32.2. The number of hydrogen-bond acceptors (Lipinski definition) is 6. The number of hydrogen-bond donors (Lipinski definition) is 2. The molecule has 2 N–H and O–H groups in total. The summed E-state index contributed by atoms with van der Waals surface area (Å²) >= 11 is 0. The highest BCUT2D eigenvalue weighted by molar-refractivity contribution is 7.92. The maximum atomic E-state index is 12.0. The van der Waals surface area contributed by atoms with E-state index in [2.05, 4.69) is 9.98 Å². The van der Waals surface area contributed by atoms with Crippen LogP contribution in [0.5, 0.6) is 0 Å². The van der Waals surface area contributed by atoms with Gasteiger partial charge in [0.25, 0.3) is 10.0 Å². The van der Waals surface area contributed by atoms with E-state index in [0.29, 0.717) is 0 Å². The van der Waals surface area contributed by atoms with Gasteiger partial charge in [-0.15, -0.1) is 0 Å². The lowest BCUT2D eigenvalue weighted by Crippen LogP contribution is -2.50. The molecule has 1 aromatic carbocycles. The number of nitrogens with zero attached hydrogens (tertiary/aromatic N) is 2. The van der Waals surface area contributed by atoms with Gasteiger partial charge in [0.2, 0.25) is 5.91 Å². The van der Waals surface area contributed by atoms with Crippen molar-refractivity contribution in [2.24, 2.45) is 9.98 Å². The molecule has 0 radical (unpaired) electrons. The van der Waals surface area contributed by atoms with Crippen LogP contribution in [-0.2, 0) is 19.6 Å². The van der Waals surface area contributed by atoms with Gasteiger partial charge in [-0.3, -0.25) is 4.79 Å². The Labute approximate surface area is 107 Å². The Morgan fingerprint density at radius 3 is 2.05 bits per heavy atom. The van der Waals surface area contributed by atoms with E-state index in [-0.39, 0.29) is 10.7 Å². The summed E-state index contributed by atoms with van der Waals surface area (Å²) in [5.74, 6) is -2.69. The smallest absolute Gasteiger partial charge is 0.373 e. The maximum Gasteiger partial charge on any atom is 0.373 e. The van der Waals surface area contributed by atoms with E-state index in [1.807, 2.05) is 0 Å². The number of rotatable bonds is 3. The molecule has 1 aromatic rings. The first kappa shape index (κ1) is 13.1. The van der Waals surface area contributed by atoms with Crippen molar-refractivity contribution in [3.8, 4) is 0 Å². The number of para-hydroxylation sites is 2. The molecule has 1 aliphatic rings. The number of amides is 1. The molecule has 0 aliphatic carbocycles. The molecule has 8 nitrogen and oxygen atoms in total. The van der Waals surface area contributed by atoms with Crippen molar-refractivity contribution in [3.63, 3.8) is 0 Å². The van der Waals surface area contributed by atoms with Crippen LogP contribution in [0.25, 0.3) is 0 Å². The molecule has 0 saturated heterocycles. The summed E-state index contributed by atoms with van der Waals surface area (Å²) < 4.78 is 25.5. The van der Waals surface area contributed by atoms with Crippen LogP contribution in [0.4, 0.5) is 0 Å². The molecule has 0 fully saturated rings. The van der Waals surface area contributed by atoms with Gasteiger partial charge < -0.3 is 5.11 Å². The van der Waals surface area contributed by atoms with Gasteiger partial charge in [0.05, 0.1) is 10.7 Å². The predicted molar refractivity (Wildman–Crippen MR) is 61.9 cm³/mol. The fourth-order valence-corrected chi connectivity index (χ4v) is 2.78. The van der Waals surface area contributed by atoms with Crippen LogP contribution in [0.15, 0.2) is 34.3 Å². The number of sulfonamides is 1. The lowest BCUT2D eigenvalue weighted by atomic mass is 10.3. The summed E-state index contributed by atoms with van der Waals surface area (Å²) in [4.78, 5) is 26.7. The first-order valence-corrected chi connectivity index (χ1v) is 6.58. The molecule has 1 heterocycles. The molecule has 0 aromatic heterocycles. The van der Waals surface area contributed by atoms with Crippen molar-refractivity contribution in [1.29, 1.82) is 0 Å². The molecule has 1 amide bonds. The van der Waals surface area contributed by atoms with E-state index < -0.39 is 26.9 Å². The van der Waals surface area contributed by atoms with Gasteiger partial charge in [-0.25, -0.2) is 27.9 Å². The van der Waals surface area contributed by atoms with Gasteiger partial charge in [0, 0.05) is 6.92 Å². The summed E-state index contributed by atoms with van der Waals surface area (Å²) in [7, 11) is -4.62. The molecule has 19 heavy (non-hydrogen) atoms. The van der Waals surface area contributed by atoms with Crippen molar-refractivity contribution >= 4 is 21.9 Å². The standard InChI is InChI=1S/C10H9N3O5S/c1-6(14)13-19(17,18)10(9(15)16)11-7-4-2-3-5-8(7)12-10/h2-5H,1H3,(H,13,14)(H,15,16). The highest BCUT2D eigenvalue weighted by Crippen LogP contribution is 2.21. The molecule has 0 saturated carbocycles. The zero-order valence-corrected chi connectivity index (χ0v) is 10.5. The second kappa shape index (κ2) is 4.12. The van der Waals surface area contributed by atoms with E-state index in [4.69, 9.17) is 5.11 Å². The molecule has 100 valence electrons. The third-order valence-electron chi connectivity index (χ3n) is 2.36. The summed E-state index contributed by atoms with van der Waals surface area (Å²) in [6, 6.07) is 6.02. The van der Waals surface area contributed by atoms with E-state index in [0.717, 1.165) is 6.92 Å². The fourth-order valence-electron chi connectivity index (χ4n) is 1.60. The lowest BCUT2D eigenvalue weighted by Gasteiger charge is -2.17. The second-order valence-corrected chi connectivity index (χ2v) is 5.57. The summed E-state index contributed by atoms with van der Waals surface area (Å²) in [5.41, 5.74) is 0. The van der Waals surface area contributed by atoms with Crippen molar-refractivity contribution in [3.05, 3.63) is 35.0 Å². The Kier molecular flexibility index (Phi) is 2.85. The van der Waals surface area contributed by atoms with Crippen LogP contribution in [0.2, 0.25) is 0 Å². The van der Waals surface area contributed by atoms with Crippen LogP contribution in [-0.4, -0.2) is 30.4 Å². The van der Waals surface area contributed by atoms with Crippen LogP contribution in [0, 0.1) is 0 Å². The number of carboxylic acids is 1. The van der Waals surface area contributed by atoms with Gasteiger partial charge in [-0.2, -0.15) is 0 Å². The van der Waals surface area contributed by atoms with Crippen molar-refractivity contribution < 1.29 is 23.1 Å². The minimum Gasteiger partial charge on any atom is -0.477 e. The Morgan fingerprint density at radius 2 is 1.68 bits per heavy atom. The second-order valence-electron chi connectivity index (χ2n) is 3.79. The SMILES string of the molecule is CC(=O)NS(=O)(=O)C1(C(=O)O)N=c2ccccc2=N1. The summed E-state index contributed by atoms with van der Waals surface area (Å²) in [6.07, 6.45) is 0. The maximum absolute atomic E-state index is 12.0. The van der Waals surface area contributed by atoms with Gasteiger partial charge in [-0.1, -0.05) is 12.1 Å². The van der Waals surface area contributed by atoms with Gasteiger partial charge >= 0.3 is 11.0 Å². The Morgan fingerprint density at radius 1 is 1.21 bits per heavy atom. The fraction of sp³-hybridized carbons (Fsp3) is 0.200. The van der Waals surface area contributed by atoms with E-state index >= 15 is 0 Å². The molecule has 0 unspecified atom stereocenters. The van der Waals surface area contributed by atoms with E-state index in [1.165, 1.54) is 12.1 Å². The summed E-state index contributed by atoms with van der Waals surface area (Å²) in [6.45, 7) is 0.954. The van der Waals surface area contributed by atoms with Gasteiger partial charge in [0.1, 0.15) is 0 Å². The number of benzene rings is 1. The van der Waals surface area contributed by atoms with Crippen molar-refractivity contribution in [1.82, 2.24) is 4.72 Å². The average molecular weight is 283 g/mol. The van der Waals surface area contributed by atoms with Crippen LogP contribution in [0.3, 0.4) is 0 Å². The number of carbonyl (C=O) groups excluding carboxylic acids is 1. The molecule has 0 spiro atoms. The van der Waals surface area contributed by atoms with E-state index in [1.54, 1.807) is 16.9 Å². The third-order valence-corrected chi connectivity index (χ3v) is 4.02. The normalized spacial score (nSPS) is 15.8. The number of nitrogens with one attached hydrogen (secondary N) is 1. The minimum absolute atomic E-state index is 0.138. The third kappa shape index (κ3) is 1.97. The monoisotopic (exact) mass is 283 g/mol. The molecule has 0 atom stereocenters. The molecule has 9 heteroatoms. The van der Waals surface area contributed by atoms with E-state index in [9.17, 15) is 18.0 Å². The number of fused-ring (bicyclic) bond motifs is 1. The molecule has 0 bridgehead atoms. The number of carbonyl (C=O) groups is 2. The number of aliphatic carboxylic acids is 1. The van der Waals surface area contributed by atoms with Gasteiger partial charge in [-0.05, 0) is 12.1 Å². The van der Waals surface area contributed by atoms with Crippen LogP contribution < -0.4 is 15.4 Å². The first-order chi connectivity index (χ1) is 8.78. The topological polar surface area (TPSA) is 125 Å². The Hall–Kier alpha value is -2.29. The zero-order valence-electron chi connectivity index (χ0n) is 9.69. The lowest BCUT2D eigenvalue weighted by molar-refractivity contribution is -0.139. The molecule has 2 rings (SSSR count). The molecular formula is C10H9N3O5S. The average Bonchev–Trinajstić information content (AvgIpc) is 2.67. The predicted octanol–water partition coefficient (Wildman–Crippen LogP) is -1.86. The summed E-state index contributed by atoms with van der Waals surface area (Å²) in [5, 5.41) is 9.44. The van der Waals surface area contributed by atoms with Crippen LogP contribution in [0.1, 0.15) is 6.92 Å². The van der Waals surface area contributed by atoms with Crippen molar-refractivity contribution in [2.45, 2.75) is 11.9 Å². The number of carboxylic acid groups (broad SMARTS) is 1. The molecular weight excluding hydrogens is 274 g/mol. The first-order valence-electron chi connectivity index (χ1n) is 5.10. The molecule has 1 aliphatic heterocycles. The Balaban J connectivity index is 2.72. The zero-order chi connectivity index (χ0) is 14.3. The van der Waals surface area contributed by atoms with Gasteiger partial charge in [0.15, 0.2) is 0 Å². The largest absolute Gasteiger partial charge is 0.477 e. The minimum atomic E-state index is -4.62. The quantitative estimate of drug-likeness (QED) is 0.673. The van der Waals surface area contributed by atoms with Crippen molar-refractivity contribution in [2.75, 3.05) is 0 Å². The highest BCUT2D eigenvalue weighted by Gasteiger charge is 2.54. The van der Waals surface area contributed by atoms with Crippen LogP contribution >= 0.6 is 0 Å².